The van der Waals surface area contributed by atoms with Crippen molar-refractivity contribution >= 4 is 16.9 Å². The molecule has 124 valence electrons. The molecule has 0 unspecified atom stereocenters. The Bertz CT molecular complexity index is 895. The summed E-state index contributed by atoms with van der Waals surface area (Å²) in [6.07, 6.45) is 1.77. The van der Waals surface area contributed by atoms with Gasteiger partial charge in [0.2, 0.25) is 0 Å². The average molecular weight is 333 g/mol. The molecule has 3 rings (SSSR count). The highest BCUT2D eigenvalue weighted by atomic mass is 19.2. The third-order valence-electron chi connectivity index (χ3n) is 3.44. The van der Waals surface area contributed by atoms with Gasteiger partial charge < -0.3 is 9.30 Å². The van der Waals surface area contributed by atoms with Crippen molar-refractivity contribution in [3.05, 3.63) is 59.9 Å². The van der Waals surface area contributed by atoms with Gasteiger partial charge in [0, 0.05) is 17.6 Å². The minimum absolute atomic E-state index is 0.0754. The Kier molecular flexibility index (Phi) is 4.39. The van der Waals surface area contributed by atoms with E-state index in [0.29, 0.717) is 12.2 Å². The fraction of sp³-hybridized carbons (Fsp3) is 0.125. The summed E-state index contributed by atoms with van der Waals surface area (Å²) in [4.78, 5) is 15.6. The number of halogens is 2. The maximum absolute atomic E-state index is 13.1. The summed E-state index contributed by atoms with van der Waals surface area (Å²) in [7, 11) is 0. The molecule has 6 nitrogen and oxygen atoms in total. The Labute approximate surface area is 135 Å². The molecule has 0 aliphatic heterocycles. The first-order valence-electron chi connectivity index (χ1n) is 7.06. The van der Waals surface area contributed by atoms with Crippen molar-refractivity contribution in [1.82, 2.24) is 15.0 Å². The van der Waals surface area contributed by atoms with Crippen LogP contribution in [0.4, 0.5) is 8.78 Å². The topological polar surface area (TPSA) is 76.4 Å². The summed E-state index contributed by atoms with van der Waals surface area (Å²) in [5.41, 5.74) is 2.15. The number of rotatable bonds is 5. The summed E-state index contributed by atoms with van der Waals surface area (Å²) in [6, 6.07) is 8.34. The Hall–Kier alpha value is -3.00. The SMILES string of the molecule is O=C(NO)c1ccc2ccn(CCOc3ccc(F)c(F)c3)c2n1. The van der Waals surface area contributed by atoms with Crippen molar-refractivity contribution in [1.29, 1.82) is 0 Å². The number of carbonyl (C=O) groups excluding carboxylic acids is 1. The largest absolute Gasteiger partial charge is 0.492 e. The number of amides is 1. The number of aromatic nitrogens is 2. The predicted molar refractivity (Wildman–Crippen MR) is 80.8 cm³/mol. The normalized spacial score (nSPS) is 10.8. The van der Waals surface area contributed by atoms with Crippen LogP contribution >= 0.6 is 0 Å². The molecule has 2 heterocycles. The fourth-order valence-electron chi connectivity index (χ4n) is 2.25. The second-order valence-electron chi connectivity index (χ2n) is 4.98. The number of pyridine rings is 1. The lowest BCUT2D eigenvalue weighted by atomic mass is 10.3. The van der Waals surface area contributed by atoms with Crippen LogP contribution < -0.4 is 10.2 Å². The summed E-state index contributed by atoms with van der Waals surface area (Å²) in [5.74, 6) is -2.39. The first-order valence-corrected chi connectivity index (χ1v) is 7.06. The quantitative estimate of drug-likeness (QED) is 0.556. The Morgan fingerprint density at radius 3 is 2.79 bits per heavy atom. The molecule has 0 fully saturated rings. The lowest BCUT2D eigenvalue weighted by molar-refractivity contribution is 0.0701. The van der Waals surface area contributed by atoms with Crippen LogP contribution in [0.1, 0.15) is 10.5 Å². The highest BCUT2D eigenvalue weighted by molar-refractivity contribution is 5.93. The Morgan fingerprint density at radius 1 is 1.21 bits per heavy atom. The molecule has 1 amide bonds. The van der Waals surface area contributed by atoms with Gasteiger partial charge in [0.25, 0.3) is 5.91 Å². The summed E-state index contributed by atoms with van der Waals surface area (Å²) in [5, 5.41) is 9.48. The van der Waals surface area contributed by atoms with E-state index in [4.69, 9.17) is 9.94 Å². The van der Waals surface area contributed by atoms with Gasteiger partial charge in [0.1, 0.15) is 23.7 Å². The number of fused-ring (bicyclic) bond motifs is 1. The smallest absolute Gasteiger partial charge is 0.293 e. The first kappa shape index (κ1) is 15.9. The molecule has 0 aliphatic rings. The molecule has 0 spiro atoms. The van der Waals surface area contributed by atoms with Crippen LogP contribution in [0.2, 0.25) is 0 Å². The van der Waals surface area contributed by atoms with E-state index < -0.39 is 17.5 Å². The Balaban J connectivity index is 1.72. The predicted octanol–water partition coefficient (Wildman–Crippen LogP) is 2.51. The van der Waals surface area contributed by atoms with Crippen molar-refractivity contribution in [2.45, 2.75) is 6.54 Å². The Morgan fingerprint density at radius 2 is 2.04 bits per heavy atom. The molecule has 0 atom stereocenters. The molecule has 8 heteroatoms. The second-order valence-corrected chi connectivity index (χ2v) is 4.98. The van der Waals surface area contributed by atoms with E-state index in [-0.39, 0.29) is 18.1 Å². The molecule has 0 aliphatic carbocycles. The van der Waals surface area contributed by atoms with Gasteiger partial charge in [0.05, 0.1) is 6.54 Å². The van der Waals surface area contributed by atoms with E-state index in [9.17, 15) is 13.6 Å². The van der Waals surface area contributed by atoms with Gasteiger partial charge in [-0.1, -0.05) is 0 Å². The summed E-state index contributed by atoms with van der Waals surface area (Å²) < 4.78 is 33.1. The summed E-state index contributed by atoms with van der Waals surface area (Å²) in [6.45, 7) is 0.590. The number of nitrogens with zero attached hydrogens (tertiary/aromatic N) is 2. The van der Waals surface area contributed by atoms with Crippen LogP contribution in [0.25, 0.3) is 11.0 Å². The lowest BCUT2D eigenvalue weighted by Gasteiger charge is -2.08. The minimum Gasteiger partial charge on any atom is -0.492 e. The second kappa shape index (κ2) is 6.63. The zero-order chi connectivity index (χ0) is 17.1. The van der Waals surface area contributed by atoms with Gasteiger partial charge in [-0.25, -0.2) is 19.2 Å². The van der Waals surface area contributed by atoms with E-state index in [0.717, 1.165) is 17.5 Å². The van der Waals surface area contributed by atoms with E-state index in [1.54, 1.807) is 16.8 Å². The van der Waals surface area contributed by atoms with E-state index in [1.165, 1.54) is 17.6 Å². The molecule has 2 N–H and O–H groups in total. The van der Waals surface area contributed by atoms with Crippen molar-refractivity contribution < 1.29 is 23.5 Å². The number of hydrogen-bond acceptors (Lipinski definition) is 4. The zero-order valence-electron chi connectivity index (χ0n) is 12.4. The summed E-state index contributed by atoms with van der Waals surface area (Å²) >= 11 is 0. The van der Waals surface area contributed by atoms with Crippen molar-refractivity contribution in [3.8, 4) is 5.75 Å². The number of benzene rings is 1. The molecule has 0 saturated heterocycles. The van der Waals surface area contributed by atoms with Crippen LogP contribution in [0.5, 0.6) is 5.75 Å². The van der Waals surface area contributed by atoms with Crippen molar-refractivity contribution in [3.63, 3.8) is 0 Å². The van der Waals surface area contributed by atoms with Gasteiger partial charge in [-0.3, -0.25) is 10.0 Å². The monoisotopic (exact) mass is 333 g/mol. The van der Waals surface area contributed by atoms with E-state index >= 15 is 0 Å². The molecule has 0 saturated carbocycles. The van der Waals surface area contributed by atoms with Gasteiger partial charge in [-0.05, 0) is 30.3 Å². The molecule has 2 aromatic heterocycles. The van der Waals surface area contributed by atoms with Crippen LogP contribution in [0, 0.1) is 11.6 Å². The average Bonchev–Trinajstić information content (AvgIpc) is 2.99. The zero-order valence-corrected chi connectivity index (χ0v) is 12.4. The van der Waals surface area contributed by atoms with E-state index in [1.807, 2.05) is 6.07 Å². The highest BCUT2D eigenvalue weighted by Gasteiger charge is 2.10. The van der Waals surface area contributed by atoms with Crippen LogP contribution in [0.3, 0.4) is 0 Å². The maximum Gasteiger partial charge on any atom is 0.293 e. The third-order valence-corrected chi connectivity index (χ3v) is 3.44. The number of carbonyl (C=O) groups is 1. The molecule has 1 aromatic carbocycles. The van der Waals surface area contributed by atoms with Crippen LogP contribution in [0.15, 0.2) is 42.6 Å². The standard InChI is InChI=1S/C16H13F2N3O3/c17-12-3-2-11(9-13(12)18)24-8-7-21-6-5-10-1-4-14(16(22)20-23)19-15(10)21/h1-6,9,23H,7-8H2,(H,20,22). The van der Waals surface area contributed by atoms with Crippen LogP contribution in [-0.4, -0.2) is 27.3 Å². The minimum atomic E-state index is -0.972. The lowest BCUT2D eigenvalue weighted by Crippen LogP contribution is -2.20. The van der Waals surface area contributed by atoms with Crippen molar-refractivity contribution in [2.24, 2.45) is 0 Å². The van der Waals surface area contributed by atoms with Gasteiger partial charge >= 0.3 is 0 Å². The molecule has 24 heavy (non-hydrogen) atoms. The molecule has 3 aromatic rings. The van der Waals surface area contributed by atoms with Gasteiger partial charge in [0.15, 0.2) is 11.6 Å². The molecule has 0 radical (unpaired) electrons. The maximum atomic E-state index is 13.1. The van der Waals surface area contributed by atoms with E-state index in [2.05, 4.69) is 4.98 Å². The first-order chi connectivity index (χ1) is 11.6. The van der Waals surface area contributed by atoms with Gasteiger partial charge in [-0.2, -0.15) is 0 Å². The number of ether oxygens (including phenoxy) is 1. The van der Waals surface area contributed by atoms with Gasteiger partial charge in [-0.15, -0.1) is 0 Å². The van der Waals surface area contributed by atoms with Crippen LogP contribution in [-0.2, 0) is 6.54 Å². The molecular weight excluding hydrogens is 320 g/mol. The number of nitrogens with one attached hydrogen (secondary N) is 1. The third kappa shape index (κ3) is 3.18. The molecule has 0 bridgehead atoms. The fourth-order valence-corrected chi connectivity index (χ4v) is 2.25. The number of hydrogen-bond donors (Lipinski definition) is 2. The number of hydroxylamine groups is 1. The highest BCUT2D eigenvalue weighted by Crippen LogP contribution is 2.17. The molecular formula is C16H13F2N3O3. The van der Waals surface area contributed by atoms with Crippen molar-refractivity contribution in [2.75, 3.05) is 6.61 Å².